The largest absolute Gasteiger partial charge is 0.300 e. The summed E-state index contributed by atoms with van der Waals surface area (Å²) in [5, 5.41) is 0.470. The molecule has 0 fully saturated rings. The van der Waals surface area contributed by atoms with Crippen molar-refractivity contribution in [2.75, 3.05) is 4.90 Å². The van der Waals surface area contributed by atoms with Crippen LogP contribution in [-0.2, 0) is 10.0 Å². The van der Waals surface area contributed by atoms with Gasteiger partial charge in [-0.15, -0.1) is 4.40 Å². The molecule has 25 heavy (non-hydrogen) atoms. The third kappa shape index (κ3) is 4.26. The topological polar surface area (TPSA) is 49.7 Å². The summed E-state index contributed by atoms with van der Waals surface area (Å²) >= 11 is 5.81. The summed E-state index contributed by atoms with van der Waals surface area (Å²) in [6.07, 6.45) is 1.31. The zero-order valence-electron chi connectivity index (χ0n) is 13.2. The van der Waals surface area contributed by atoms with Crippen LogP contribution in [0.1, 0.15) is 0 Å². The van der Waals surface area contributed by atoms with Crippen molar-refractivity contribution in [2.24, 2.45) is 4.40 Å². The van der Waals surface area contributed by atoms with Gasteiger partial charge >= 0.3 is 0 Å². The van der Waals surface area contributed by atoms with Crippen LogP contribution in [0.15, 0.2) is 94.2 Å². The monoisotopic (exact) mass is 370 g/mol. The lowest BCUT2D eigenvalue weighted by Crippen LogP contribution is -2.15. The fraction of sp³-hybridized carbons (Fsp3) is 0. The van der Waals surface area contributed by atoms with E-state index in [0.717, 1.165) is 11.4 Å². The van der Waals surface area contributed by atoms with Crippen LogP contribution in [0.4, 0.5) is 11.4 Å². The van der Waals surface area contributed by atoms with Crippen LogP contribution in [0.25, 0.3) is 0 Å². The number of hydrogen-bond acceptors (Lipinski definition) is 2. The molecule has 0 saturated carbocycles. The Kier molecular flexibility index (Phi) is 5.16. The Morgan fingerprint density at radius 1 is 0.760 bits per heavy atom. The van der Waals surface area contributed by atoms with Crippen LogP contribution < -0.4 is 4.90 Å². The van der Waals surface area contributed by atoms with Gasteiger partial charge in [0.05, 0.1) is 4.90 Å². The summed E-state index contributed by atoms with van der Waals surface area (Å²) in [5.41, 5.74) is 1.62. The van der Waals surface area contributed by atoms with Crippen molar-refractivity contribution in [3.63, 3.8) is 0 Å². The lowest BCUT2D eigenvalue weighted by Gasteiger charge is -2.19. The van der Waals surface area contributed by atoms with E-state index in [1.54, 1.807) is 4.90 Å². The second kappa shape index (κ2) is 7.51. The first-order chi connectivity index (χ1) is 12.1. The number of halogens is 1. The molecule has 0 bridgehead atoms. The zero-order valence-corrected chi connectivity index (χ0v) is 14.7. The summed E-state index contributed by atoms with van der Waals surface area (Å²) in [4.78, 5) is 1.81. The minimum atomic E-state index is -3.82. The van der Waals surface area contributed by atoms with E-state index in [-0.39, 0.29) is 4.90 Å². The highest BCUT2D eigenvalue weighted by Gasteiger charge is 2.13. The highest BCUT2D eigenvalue weighted by Crippen LogP contribution is 2.24. The second-order valence-electron chi connectivity index (χ2n) is 5.19. The van der Waals surface area contributed by atoms with E-state index in [9.17, 15) is 8.42 Å². The molecule has 126 valence electrons. The second-order valence-corrected chi connectivity index (χ2v) is 7.26. The minimum absolute atomic E-state index is 0.0919. The Morgan fingerprint density at radius 3 is 1.72 bits per heavy atom. The van der Waals surface area contributed by atoms with Crippen LogP contribution in [0, 0.1) is 0 Å². The Morgan fingerprint density at radius 2 is 1.24 bits per heavy atom. The fourth-order valence-electron chi connectivity index (χ4n) is 2.24. The van der Waals surface area contributed by atoms with E-state index in [0.29, 0.717) is 5.02 Å². The van der Waals surface area contributed by atoms with Crippen molar-refractivity contribution in [3.8, 4) is 0 Å². The molecule has 0 amide bonds. The Labute approximate surface area is 152 Å². The number of sulfonamides is 1. The van der Waals surface area contributed by atoms with E-state index < -0.39 is 10.0 Å². The average molecular weight is 371 g/mol. The van der Waals surface area contributed by atoms with Crippen molar-refractivity contribution in [2.45, 2.75) is 4.90 Å². The van der Waals surface area contributed by atoms with Gasteiger partial charge in [-0.2, -0.15) is 8.42 Å². The van der Waals surface area contributed by atoms with Gasteiger partial charge in [-0.1, -0.05) is 48.0 Å². The maximum Gasteiger partial charge on any atom is 0.283 e. The lowest BCUT2D eigenvalue weighted by molar-refractivity contribution is 0.598. The number of anilines is 2. The first kappa shape index (κ1) is 17.2. The minimum Gasteiger partial charge on any atom is -0.300 e. The number of hydrogen-bond donors (Lipinski definition) is 0. The number of para-hydroxylation sites is 2. The van der Waals surface area contributed by atoms with E-state index in [2.05, 4.69) is 4.40 Å². The molecule has 3 aromatic rings. The summed E-state index contributed by atoms with van der Waals surface area (Å²) < 4.78 is 28.7. The van der Waals surface area contributed by atoms with Crippen LogP contribution in [0.5, 0.6) is 0 Å². The lowest BCUT2D eigenvalue weighted by atomic mass is 10.2. The van der Waals surface area contributed by atoms with Gasteiger partial charge in [0.2, 0.25) is 0 Å². The number of nitrogens with zero attached hydrogens (tertiary/aromatic N) is 2. The third-order valence-electron chi connectivity index (χ3n) is 3.48. The molecule has 0 radical (unpaired) electrons. The van der Waals surface area contributed by atoms with Gasteiger partial charge in [0, 0.05) is 16.4 Å². The first-order valence-corrected chi connectivity index (χ1v) is 9.33. The van der Waals surface area contributed by atoms with Gasteiger partial charge in [-0.05, 0) is 48.5 Å². The Balaban J connectivity index is 1.98. The van der Waals surface area contributed by atoms with Crippen LogP contribution >= 0.6 is 11.6 Å². The maximum atomic E-state index is 12.4. The van der Waals surface area contributed by atoms with Gasteiger partial charge in [0.25, 0.3) is 10.0 Å². The summed E-state index contributed by atoms with van der Waals surface area (Å²) in [6.45, 7) is 0. The molecule has 0 spiro atoms. The Bertz CT molecular complexity index is 918. The van der Waals surface area contributed by atoms with E-state index in [4.69, 9.17) is 11.6 Å². The predicted molar refractivity (Wildman–Crippen MR) is 102 cm³/mol. The summed E-state index contributed by atoms with van der Waals surface area (Å²) in [7, 11) is -3.82. The van der Waals surface area contributed by atoms with Gasteiger partial charge < -0.3 is 4.90 Å². The third-order valence-corrected chi connectivity index (χ3v) is 4.97. The van der Waals surface area contributed by atoms with Gasteiger partial charge in [0.15, 0.2) is 0 Å². The van der Waals surface area contributed by atoms with Gasteiger partial charge in [-0.25, -0.2) is 0 Å². The zero-order chi connectivity index (χ0) is 17.7. The van der Waals surface area contributed by atoms with E-state index in [1.165, 1.54) is 30.6 Å². The number of rotatable bonds is 5. The molecule has 0 unspecified atom stereocenters. The van der Waals surface area contributed by atoms with Gasteiger partial charge in [-0.3, -0.25) is 0 Å². The van der Waals surface area contributed by atoms with Crippen molar-refractivity contribution >= 4 is 39.3 Å². The molecule has 0 atom stereocenters. The maximum absolute atomic E-state index is 12.4. The first-order valence-electron chi connectivity index (χ1n) is 7.52. The van der Waals surface area contributed by atoms with E-state index >= 15 is 0 Å². The molecule has 0 aliphatic heterocycles. The molecule has 0 saturated heterocycles. The quantitative estimate of drug-likeness (QED) is 0.474. The molecule has 3 rings (SSSR count). The molecular formula is C19H15ClN2O2S. The highest BCUT2D eigenvalue weighted by atomic mass is 35.5. The fourth-order valence-corrected chi connectivity index (χ4v) is 3.18. The Hall–Kier alpha value is -2.63. The molecule has 4 nitrogen and oxygen atoms in total. The van der Waals surface area contributed by atoms with Crippen LogP contribution in [-0.4, -0.2) is 14.8 Å². The van der Waals surface area contributed by atoms with Crippen molar-refractivity contribution in [1.29, 1.82) is 0 Å². The van der Waals surface area contributed by atoms with Crippen molar-refractivity contribution in [1.82, 2.24) is 0 Å². The average Bonchev–Trinajstić information content (AvgIpc) is 2.64. The normalized spacial score (nSPS) is 11.6. The smallest absolute Gasteiger partial charge is 0.283 e. The van der Waals surface area contributed by atoms with E-state index in [1.807, 2.05) is 60.7 Å². The standard InChI is InChI=1S/C19H15ClN2O2S/c20-16-11-13-19(14-12-16)25(23,24)21-15-22(17-7-3-1-4-8-17)18-9-5-2-6-10-18/h1-15H/b21-15+. The molecule has 3 aromatic carbocycles. The summed E-state index contributed by atoms with van der Waals surface area (Å²) in [6, 6.07) is 24.8. The molecule has 6 heteroatoms. The molecule has 0 aliphatic rings. The molecule has 0 aliphatic carbocycles. The van der Waals surface area contributed by atoms with Crippen LogP contribution in [0.3, 0.4) is 0 Å². The molecule has 0 heterocycles. The number of benzene rings is 3. The highest BCUT2D eigenvalue weighted by molar-refractivity contribution is 7.90. The van der Waals surface area contributed by atoms with Gasteiger partial charge in [0.1, 0.15) is 6.34 Å². The van der Waals surface area contributed by atoms with Crippen molar-refractivity contribution in [3.05, 3.63) is 90.0 Å². The SMILES string of the molecule is O=S(=O)(/N=C/N(c1ccccc1)c1ccccc1)c1ccc(Cl)cc1. The molecule has 0 aromatic heterocycles. The molecular weight excluding hydrogens is 356 g/mol. The summed E-state index contributed by atoms with van der Waals surface area (Å²) in [5.74, 6) is 0. The van der Waals surface area contributed by atoms with Crippen LogP contribution in [0.2, 0.25) is 5.02 Å². The predicted octanol–water partition coefficient (Wildman–Crippen LogP) is 4.90. The molecule has 0 N–H and O–H groups in total. The van der Waals surface area contributed by atoms with Crippen molar-refractivity contribution < 1.29 is 8.42 Å².